The highest BCUT2D eigenvalue weighted by Crippen LogP contribution is 2.21. The molecule has 1 aromatic carbocycles. The van der Waals surface area contributed by atoms with Gasteiger partial charge in [0.05, 0.1) is 15.1 Å². The third kappa shape index (κ3) is 4.17. The van der Waals surface area contributed by atoms with Crippen molar-refractivity contribution in [2.45, 2.75) is 71.2 Å². The number of aryl methyl sites for hydroxylation is 1. The third-order valence-corrected chi connectivity index (χ3v) is 5.96. The van der Waals surface area contributed by atoms with Crippen LogP contribution in [0.5, 0.6) is 0 Å². The van der Waals surface area contributed by atoms with Crippen molar-refractivity contribution in [3.63, 3.8) is 0 Å². The Bertz CT molecular complexity index is 616. The summed E-state index contributed by atoms with van der Waals surface area (Å²) < 4.78 is 28.1. The Morgan fingerprint density at radius 2 is 1.57 bits per heavy atom. The van der Waals surface area contributed by atoms with Gasteiger partial charge in [-0.1, -0.05) is 20.8 Å². The van der Waals surface area contributed by atoms with Crippen LogP contribution in [0.2, 0.25) is 0 Å². The van der Waals surface area contributed by atoms with Crippen LogP contribution in [0, 0.1) is 0 Å². The molecule has 0 aliphatic rings. The summed E-state index contributed by atoms with van der Waals surface area (Å²) in [6.45, 7) is 11.8. The molecule has 1 aromatic rings. The van der Waals surface area contributed by atoms with Gasteiger partial charge in [-0.3, -0.25) is 0 Å². The van der Waals surface area contributed by atoms with Gasteiger partial charge in [0.15, 0.2) is 0 Å². The normalized spacial score (nSPS) is 12.7. The molecule has 0 saturated heterocycles. The van der Waals surface area contributed by atoms with Crippen LogP contribution in [-0.4, -0.2) is 24.2 Å². The first-order valence-corrected chi connectivity index (χ1v) is 9.48. The Kier molecular flexibility index (Phi) is 5.81. The second kappa shape index (κ2) is 6.63. The van der Waals surface area contributed by atoms with E-state index in [0.29, 0.717) is 10.1 Å². The molecule has 0 bridgehead atoms. The minimum atomic E-state index is -3.54. The molecule has 0 aliphatic carbocycles. The lowest BCUT2D eigenvalue weighted by molar-refractivity contribution is 0.491. The summed E-state index contributed by atoms with van der Waals surface area (Å²) in [5, 5.41) is 0.698. The lowest BCUT2D eigenvalue weighted by Gasteiger charge is -2.24. The van der Waals surface area contributed by atoms with Crippen molar-refractivity contribution in [2.24, 2.45) is 0 Å². The van der Waals surface area contributed by atoms with Crippen molar-refractivity contribution < 1.29 is 8.42 Å². The number of sulfonamides is 1. The fourth-order valence-corrected chi connectivity index (χ4v) is 5.04. The summed E-state index contributed by atoms with van der Waals surface area (Å²) in [6, 6.07) is 1.81. The smallest absolute Gasteiger partial charge is 0.207 e. The van der Waals surface area contributed by atoms with Gasteiger partial charge < -0.3 is 0 Å². The van der Waals surface area contributed by atoms with E-state index < -0.39 is 15.6 Å². The minimum Gasteiger partial charge on any atom is -0.207 e. The van der Waals surface area contributed by atoms with Crippen molar-refractivity contribution in [1.82, 2.24) is 4.72 Å². The van der Waals surface area contributed by atoms with Crippen LogP contribution >= 0.6 is 0 Å². The second-order valence-corrected chi connectivity index (χ2v) is 8.43. The number of hydrogen-bond acceptors (Lipinski definition) is 2. The topological polar surface area (TPSA) is 46.2 Å². The summed E-state index contributed by atoms with van der Waals surface area (Å²) in [5.41, 5.74) is 2.98. The zero-order valence-electron chi connectivity index (χ0n) is 13.9. The third-order valence-electron chi connectivity index (χ3n) is 3.42. The first kappa shape index (κ1) is 18.4. The molecule has 0 heterocycles. The van der Waals surface area contributed by atoms with E-state index in [1.165, 1.54) is 5.56 Å². The van der Waals surface area contributed by atoms with Gasteiger partial charge in [-0.2, -0.15) is 0 Å². The maximum absolute atomic E-state index is 12.7. The minimum absolute atomic E-state index is 0.347. The zero-order chi connectivity index (χ0) is 16.4. The van der Waals surface area contributed by atoms with Gasteiger partial charge in [-0.05, 0) is 68.0 Å². The van der Waals surface area contributed by atoms with Crippen molar-refractivity contribution in [3.05, 3.63) is 22.8 Å². The summed E-state index contributed by atoms with van der Waals surface area (Å²) in [5.74, 6) is 0. The molecule has 0 unspecified atom stereocenters. The standard InChI is InChI=1S/C16H26NO2SSi/c1-7-11-10-14(20(18,19)17-16(4,5)6)15(21)13(9-3)12(11)8-2/h10,17H,7-9H2,1-6H3. The maximum Gasteiger partial charge on any atom is 0.240 e. The lowest BCUT2D eigenvalue weighted by Crippen LogP contribution is -2.42. The predicted octanol–water partition coefficient (Wildman–Crippen LogP) is 2.24. The molecule has 117 valence electrons. The highest BCUT2D eigenvalue weighted by molar-refractivity contribution is 7.89. The molecule has 1 N–H and O–H groups in total. The van der Waals surface area contributed by atoms with Gasteiger partial charge in [0.25, 0.3) is 0 Å². The van der Waals surface area contributed by atoms with E-state index in [-0.39, 0.29) is 0 Å². The molecule has 3 radical (unpaired) electrons. The first-order valence-electron chi connectivity index (χ1n) is 7.50. The van der Waals surface area contributed by atoms with Gasteiger partial charge in [0.2, 0.25) is 10.0 Å². The monoisotopic (exact) mass is 324 g/mol. The average molecular weight is 325 g/mol. The molecule has 1 rings (SSSR count). The van der Waals surface area contributed by atoms with Crippen molar-refractivity contribution in [2.75, 3.05) is 0 Å². The molecule has 0 aromatic heterocycles. The number of benzene rings is 1. The molecule has 5 heteroatoms. The van der Waals surface area contributed by atoms with E-state index in [0.717, 1.165) is 30.4 Å². The summed E-state index contributed by atoms with van der Waals surface area (Å²) in [6.07, 6.45) is 2.56. The van der Waals surface area contributed by atoms with Crippen LogP contribution in [0.15, 0.2) is 11.0 Å². The van der Waals surface area contributed by atoms with E-state index >= 15 is 0 Å². The molecule has 0 aliphatic heterocycles. The van der Waals surface area contributed by atoms with Crippen molar-refractivity contribution >= 4 is 25.5 Å². The highest BCUT2D eigenvalue weighted by atomic mass is 32.2. The first-order chi connectivity index (χ1) is 9.57. The number of hydrogen-bond donors (Lipinski definition) is 1. The molecule has 21 heavy (non-hydrogen) atoms. The van der Waals surface area contributed by atoms with Crippen molar-refractivity contribution in [1.29, 1.82) is 0 Å². The molecule has 0 spiro atoms. The predicted molar refractivity (Wildman–Crippen MR) is 90.0 cm³/mol. The Morgan fingerprint density at radius 3 is 1.95 bits per heavy atom. The Morgan fingerprint density at radius 1 is 1.05 bits per heavy atom. The van der Waals surface area contributed by atoms with E-state index in [9.17, 15) is 8.42 Å². The van der Waals surface area contributed by atoms with Gasteiger partial charge >= 0.3 is 0 Å². The largest absolute Gasteiger partial charge is 0.240 e. The molecular weight excluding hydrogens is 298 g/mol. The Balaban J connectivity index is 3.58. The van der Waals surface area contributed by atoms with Gasteiger partial charge in [0.1, 0.15) is 0 Å². The van der Waals surface area contributed by atoms with Gasteiger partial charge in [-0.25, -0.2) is 13.1 Å². The Hall–Kier alpha value is -0.653. The SMILES string of the molecule is CCc1cc(S(=O)(=O)NC(C)(C)C)c([Si])c(CC)c1CC. The van der Waals surface area contributed by atoms with Crippen LogP contribution < -0.4 is 9.91 Å². The lowest BCUT2D eigenvalue weighted by atomic mass is 9.95. The van der Waals surface area contributed by atoms with E-state index in [1.54, 1.807) is 0 Å². The van der Waals surface area contributed by atoms with Crippen LogP contribution in [-0.2, 0) is 29.3 Å². The quantitative estimate of drug-likeness (QED) is 0.844. The van der Waals surface area contributed by atoms with Crippen LogP contribution in [0.3, 0.4) is 0 Å². The summed E-state index contributed by atoms with van der Waals surface area (Å²) in [4.78, 5) is 0.347. The average Bonchev–Trinajstić information content (AvgIpc) is 2.34. The van der Waals surface area contributed by atoms with E-state index in [4.69, 9.17) is 0 Å². The number of nitrogens with one attached hydrogen (secondary N) is 1. The molecule has 3 nitrogen and oxygen atoms in total. The molecule has 0 amide bonds. The highest BCUT2D eigenvalue weighted by Gasteiger charge is 2.26. The van der Waals surface area contributed by atoms with Crippen LogP contribution in [0.1, 0.15) is 58.2 Å². The maximum atomic E-state index is 12.7. The molecule has 0 fully saturated rings. The fourth-order valence-electron chi connectivity index (χ4n) is 2.63. The number of rotatable bonds is 5. The fraction of sp³-hybridized carbons (Fsp3) is 0.625. The van der Waals surface area contributed by atoms with E-state index in [2.05, 4.69) is 35.7 Å². The molecular formula is C16H26NO2SSi. The Labute approximate surface area is 133 Å². The van der Waals surface area contributed by atoms with Crippen LogP contribution in [0.4, 0.5) is 0 Å². The van der Waals surface area contributed by atoms with Gasteiger partial charge in [0, 0.05) is 5.54 Å². The van der Waals surface area contributed by atoms with Crippen molar-refractivity contribution in [3.8, 4) is 0 Å². The molecule has 0 saturated carbocycles. The van der Waals surface area contributed by atoms with Gasteiger partial charge in [-0.15, -0.1) is 0 Å². The second-order valence-electron chi connectivity index (χ2n) is 6.28. The van der Waals surface area contributed by atoms with E-state index in [1.807, 2.05) is 26.8 Å². The van der Waals surface area contributed by atoms with Crippen LogP contribution in [0.25, 0.3) is 0 Å². The summed E-state index contributed by atoms with van der Waals surface area (Å²) in [7, 11) is 0.0423. The zero-order valence-corrected chi connectivity index (χ0v) is 15.7. The summed E-state index contributed by atoms with van der Waals surface area (Å²) >= 11 is 0. The molecule has 0 atom stereocenters.